The second kappa shape index (κ2) is 5.44. The van der Waals surface area contributed by atoms with E-state index in [1.54, 1.807) is 0 Å². The summed E-state index contributed by atoms with van der Waals surface area (Å²) in [6, 6.07) is 1.96. The molecule has 0 aliphatic carbocycles. The Morgan fingerprint density at radius 3 is 3.06 bits per heavy atom. The Labute approximate surface area is 109 Å². The van der Waals surface area contributed by atoms with Crippen molar-refractivity contribution in [3.63, 3.8) is 0 Å². The molecule has 5 nitrogen and oxygen atoms in total. The summed E-state index contributed by atoms with van der Waals surface area (Å²) in [5, 5.41) is 6.03. The number of carbonyl (C=O) groups is 1. The Bertz CT molecular complexity index is 424. The molecule has 1 fully saturated rings. The van der Waals surface area contributed by atoms with Crippen LogP contribution in [0, 0.1) is 0 Å². The molecule has 0 aromatic carbocycles. The molecule has 92 valence electrons. The van der Waals surface area contributed by atoms with Crippen molar-refractivity contribution in [2.45, 2.75) is 32.2 Å². The zero-order chi connectivity index (χ0) is 12.3. The van der Waals surface area contributed by atoms with Crippen molar-refractivity contribution >= 4 is 27.7 Å². The first kappa shape index (κ1) is 12.3. The molecule has 17 heavy (non-hydrogen) atoms. The highest BCUT2D eigenvalue weighted by atomic mass is 79.9. The van der Waals surface area contributed by atoms with Crippen LogP contribution in [0.4, 0.5) is 5.82 Å². The van der Waals surface area contributed by atoms with Gasteiger partial charge in [0.15, 0.2) is 0 Å². The van der Waals surface area contributed by atoms with Gasteiger partial charge in [-0.2, -0.15) is 0 Å². The molecule has 1 atom stereocenters. The second-order valence-electron chi connectivity index (χ2n) is 4.09. The fourth-order valence-electron chi connectivity index (χ4n) is 1.79. The van der Waals surface area contributed by atoms with E-state index in [0.717, 1.165) is 29.1 Å². The van der Waals surface area contributed by atoms with E-state index >= 15 is 0 Å². The largest absolute Gasteiger partial charge is 0.365 e. The third-order valence-electron chi connectivity index (χ3n) is 2.54. The molecular formula is C11H15BrN4O. The van der Waals surface area contributed by atoms with E-state index in [9.17, 15) is 4.79 Å². The smallest absolute Gasteiger partial charge is 0.222 e. The maximum atomic E-state index is 11.1. The summed E-state index contributed by atoms with van der Waals surface area (Å²) in [5.41, 5.74) is 0. The van der Waals surface area contributed by atoms with Gasteiger partial charge < -0.3 is 10.6 Å². The molecule has 2 heterocycles. The van der Waals surface area contributed by atoms with Crippen molar-refractivity contribution in [2.24, 2.45) is 0 Å². The van der Waals surface area contributed by atoms with Crippen LogP contribution in [-0.2, 0) is 11.2 Å². The van der Waals surface area contributed by atoms with Gasteiger partial charge in [0, 0.05) is 25.5 Å². The number of hydrogen-bond donors (Lipinski definition) is 2. The molecule has 1 unspecified atom stereocenters. The number of amides is 1. The standard InChI is InChI=1S/C11H15BrN4O/c1-2-3-9-15-8(12)5-10(16-9)14-7-4-11(17)13-6-7/h5,7H,2-4,6H2,1H3,(H,13,17)(H,14,15,16). The number of aromatic nitrogens is 2. The summed E-state index contributed by atoms with van der Waals surface area (Å²) in [6.45, 7) is 2.75. The van der Waals surface area contributed by atoms with Crippen LogP contribution in [0.15, 0.2) is 10.7 Å². The number of rotatable bonds is 4. The van der Waals surface area contributed by atoms with Crippen molar-refractivity contribution < 1.29 is 4.79 Å². The first-order valence-electron chi connectivity index (χ1n) is 5.74. The van der Waals surface area contributed by atoms with Crippen LogP contribution in [0.3, 0.4) is 0 Å². The number of halogens is 1. The van der Waals surface area contributed by atoms with E-state index < -0.39 is 0 Å². The van der Waals surface area contributed by atoms with Crippen LogP contribution in [-0.4, -0.2) is 28.5 Å². The molecule has 2 N–H and O–H groups in total. The molecule has 0 radical (unpaired) electrons. The third kappa shape index (κ3) is 3.39. The highest BCUT2D eigenvalue weighted by molar-refractivity contribution is 9.10. The molecule has 0 saturated carbocycles. The predicted octanol–water partition coefficient (Wildman–Crippen LogP) is 1.49. The lowest BCUT2D eigenvalue weighted by Gasteiger charge is -2.12. The highest BCUT2D eigenvalue weighted by Crippen LogP contribution is 2.15. The summed E-state index contributed by atoms with van der Waals surface area (Å²) in [6.07, 6.45) is 2.38. The lowest BCUT2D eigenvalue weighted by molar-refractivity contribution is -0.119. The topological polar surface area (TPSA) is 66.9 Å². The quantitative estimate of drug-likeness (QED) is 0.827. The SMILES string of the molecule is CCCc1nc(Br)cc(NC2CNC(=O)C2)n1. The average molecular weight is 299 g/mol. The lowest BCUT2D eigenvalue weighted by Crippen LogP contribution is -2.23. The van der Waals surface area contributed by atoms with E-state index in [4.69, 9.17) is 0 Å². The fraction of sp³-hybridized carbons (Fsp3) is 0.545. The maximum Gasteiger partial charge on any atom is 0.222 e. The van der Waals surface area contributed by atoms with Crippen molar-refractivity contribution in [2.75, 3.05) is 11.9 Å². The third-order valence-corrected chi connectivity index (χ3v) is 2.95. The monoisotopic (exact) mass is 298 g/mol. The van der Waals surface area contributed by atoms with Gasteiger partial charge in [0.25, 0.3) is 0 Å². The Balaban J connectivity index is 2.07. The zero-order valence-electron chi connectivity index (χ0n) is 9.66. The van der Waals surface area contributed by atoms with Gasteiger partial charge in [-0.25, -0.2) is 9.97 Å². The van der Waals surface area contributed by atoms with Crippen molar-refractivity contribution in [1.82, 2.24) is 15.3 Å². The first-order chi connectivity index (χ1) is 8.17. The molecule has 1 aliphatic rings. The molecule has 6 heteroatoms. The molecule has 1 amide bonds. The van der Waals surface area contributed by atoms with Crippen molar-refractivity contribution in [3.8, 4) is 0 Å². The number of hydrogen-bond acceptors (Lipinski definition) is 4. The minimum atomic E-state index is 0.0874. The van der Waals surface area contributed by atoms with Gasteiger partial charge in [-0.1, -0.05) is 6.92 Å². The van der Waals surface area contributed by atoms with Crippen LogP contribution < -0.4 is 10.6 Å². The van der Waals surface area contributed by atoms with Gasteiger partial charge in [0.1, 0.15) is 16.2 Å². The lowest BCUT2D eigenvalue weighted by atomic mass is 10.2. The summed E-state index contributed by atoms with van der Waals surface area (Å²) < 4.78 is 0.774. The van der Waals surface area contributed by atoms with E-state index in [0.29, 0.717) is 13.0 Å². The molecule has 2 rings (SSSR count). The molecular weight excluding hydrogens is 284 g/mol. The van der Waals surface area contributed by atoms with Gasteiger partial charge in [-0.3, -0.25) is 4.79 Å². The van der Waals surface area contributed by atoms with Gasteiger partial charge >= 0.3 is 0 Å². The normalized spacial score (nSPS) is 19.2. The summed E-state index contributed by atoms with van der Waals surface area (Å²) in [7, 11) is 0. The molecule has 1 aromatic rings. The Kier molecular flexibility index (Phi) is 3.93. The maximum absolute atomic E-state index is 11.1. The Morgan fingerprint density at radius 1 is 1.59 bits per heavy atom. The Hall–Kier alpha value is -1.17. The fourth-order valence-corrected chi connectivity index (χ4v) is 2.21. The predicted molar refractivity (Wildman–Crippen MR) is 68.8 cm³/mol. The van der Waals surface area contributed by atoms with Crippen LogP contribution >= 0.6 is 15.9 Å². The van der Waals surface area contributed by atoms with E-state index in [2.05, 4.69) is 43.5 Å². The van der Waals surface area contributed by atoms with Crippen LogP contribution in [0.1, 0.15) is 25.6 Å². The number of carbonyl (C=O) groups excluding carboxylic acids is 1. The molecule has 0 spiro atoms. The van der Waals surface area contributed by atoms with Gasteiger partial charge in [-0.05, 0) is 22.4 Å². The van der Waals surface area contributed by atoms with Gasteiger partial charge in [0.05, 0.1) is 6.04 Å². The zero-order valence-corrected chi connectivity index (χ0v) is 11.2. The number of nitrogens with zero attached hydrogens (tertiary/aromatic N) is 2. The second-order valence-corrected chi connectivity index (χ2v) is 4.90. The minimum Gasteiger partial charge on any atom is -0.365 e. The van der Waals surface area contributed by atoms with Crippen LogP contribution in [0.5, 0.6) is 0 Å². The molecule has 1 aliphatic heterocycles. The van der Waals surface area contributed by atoms with Gasteiger partial charge in [0.2, 0.25) is 5.91 Å². The van der Waals surface area contributed by atoms with Crippen LogP contribution in [0.2, 0.25) is 0 Å². The highest BCUT2D eigenvalue weighted by Gasteiger charge is 2.21. The van der Waals surface area contributed by atoms with Crippen LogP contribution in [0.25, 0.3) is 0 Å². The van der Waals surface area contributed by atoms with E-state index in [-0.39, 0.29) is 11.9 Å². The number of nitrogens with one attached hydrogen (secondary N) is 2. The number of anilines is 1. The van der Waals surface area contributed by atoms with E-state index in [1.165, 1.54) is 0 Å². The summed E-state index contributed by atoms with van der Waals surface area (Å²) in [5.74, 6) is 1.68. The number of aryl methyl sites for hydroxylation is 1. The van der Waals surface area contributed by atoms with Crippen molar-refractivity contribution in [1.29, 1.82) is 0 Å². The molecule has 1 aromatic heterocycles. The van der Waals surface area contributed by atoms with Gasteiger partial charge in [-0.15, -0.1) is 0 Å². The summed E-state index contributed by atoms with van der Waals surface area (Å²) in [4.78, 5) is 19.8. The van der Waals surface area contributed by atoms with E-state index in [1.807, 2.05) is 6.07 Å². The molecule has 0 bridgehead atoms. The Morgan fingerprint density at radius 2 is 2.41 bits per heavy atom. The average Bonchev–Trinajstić information content (AvgIpc) is 2.63. The minimum absolute atomic E-state index is 0.0874. The molecule has 1 saturated heterocycles. The van der Waals surface area contributed by atoms with Crippen molar-refractivity contribution in [3.05, 3.63) is 16.5 Å². The first-order valence-corrected chi connectivity index (χ1v) is 6.53. The summed E-state index contributed by atoms with van der Waals surface area (Å²) >= 11 is 3.37.